The number of hydrogen-bond donors (Lipinski definition) is 1. The number of anilines is 1. The van der Waals surface area contributed by atoms with Crippen LogP contribution >= 0.6 is 0 Å². The van der Waals surface area contributed by atoms with Crippen molar-refractivity contribution in [2.75, 3.05) is 31.0 Å². The van der Waals surface area contributed by atoms with Crippen LogP contribution in [-0.4, -0.2) is 55.3 Å². The summed E-state index contributed by atoms with van der Waals surface area (Å²) < 4.78 is 35.1. The van der Waals surface area contributed by atoms with Gasteiger partial charge in [0.2, 0.25) is 0 Å². The number of nitrogens with one attached hydrogen (secondary N) is 1. The molecule has 1 saturated heterocycles. The SMILES string of the molecule is O=C(c1ccccc1NS(=O)(=O)c1cnn(-c2ccccc2)c1)N1CCOCC1. The van der Waals surface area contributed by atoms with Crippen LogP contribution in [0, 0.1) is 0 Å². The molecule has 0 aliphatic carbocycles. The zero-order chi connectivity index (χ0) is 20.3. The molecule has 9 heteroatoms. The number of para-hydroxylation sites is 2. The van der Waals surface area contributed by atoms with E-state index in [4.69, 9.17) is 4.74 Å². The van der Waals surface area contributed by atoms with Crippen LogP contribution in [0.25, 0.3) is 5.69 Å². The van der Waals surface area contributed by atoms with Gasteiger partial charge >= 0.3 is 0 Å². The van der Waals surface area contributed by atoms with E-state index >= 15 is 0 Å². The summed E-state index contributed by atoms with van der Waals surface area (Å²) in [5.41, 5.74) is 1.28. The number of rotatable bonds is 5. The number of carbonyl (C=O) groups is 1. The average Bonchev–Trinajstić information content (AvgIpc) is 3.26. The Hall–Kier alpha value is -3.17. The first-order valence-corrected chi connectivity index (χ1v) is 10.6. The van der Waals surface area contributed by atoms with Gasteiger partial charge < -0.3 is 9.64 Å². The van der Waals surface area contributed by atoms with Gasteiger partial charge in [0.1, 0.15) is 4.90 Å². The molecule has 3 aromatic rings. The Balaban J connectivity index is 1.59. The summed E-state index contributed by atoms with van der Waals surface area (Å²) in [6.07, 6.45) is 2.71. The van der Waals surface area contributed by atoms with Crippen molar-refractivity contribution in [2.45, 2.75) is 4.90 Å². The maximum atomic E-state index is 12.9. The summed E-state index contributed by atoms with van der Waals surface area (Å²) >= 11 is 0. The van der Waals surface area contributed by atoms with E-state index in [1.54, 1.807) is 29.2 Å². The monoisotopic (exact) mass is 412 g/mol. The minimum atomic E-state index is -3.92. The number of benzene rings is 2. The van der Waals surface area contributed by atoms with E-state index in [-0.39, 0.29) is 16.5 Å². The number of amides is 1. The van der Waals surface area contributed by atoms with Crippen molar-refractivity contribution in [1.82, 2.24) is 14.7 Å². The van der Waals surface area contributed by atoms with Gasteiger partial charge in [-0.1, -0.05) is 30.3 Å². The summed E-state index contributed by atoms with van der Waals surface area (Å²) in [6.45, 7) is 1.89. The van der Waals surface area contributed by atoms with Gasteiger partial charge in [0, 0.05) is 13.1 Å². The molecule has 29 heavy (non-hydrogen) atoms. The van der Waals surface area contributed by atoms with E-state index in [2.05, 4.69) is 9.82 Å². The molecule has 1 N–H and O–H groups in total. The van der Waals surface area contributed by atoms with Gasteiger partial charge in [-0.15, -0.1) is 0 Å². The number of morpholine rings is 1. The van der Waals surface area contributed by atoms with Crippen LogP contribution < -0.4 is 4.72 Å². The minimum Gasteiger partial charge on any atom is -0.378 e. The van der Waals surface area contributed by atoms with Gasteiger partial charge in [-0.25, -0.2) is 13.1 Å². The van der Waals surface area contributed by atoms with Crippen LogP contribution in [0.4, 0.5) is 5.69 Å². The van der Waals surface area contributed by atoms with Crippen LogP contribution in [0.5, 0.6) is 0 Å². The second kappa shape index (κ2) is 8.06. The fraction of sp³-hybridized carbons (Fsp3) is 0.200. The van der Waals surface area contributed by atoms with Crippen molar-refractivity contribution in [2.24, 2.45) is 0 Å². The number of carbonyl (C=O) groups excluding carboxylic acids is 1. The lowest BCUT2D eigenvalue weighted by molar-refractivity contribution is 0.0303. The smallest absolute Gasteiger partial charge is 0.265 e. The largest absolute Gasteiger partial charge is 0.378 e. The first-order valence-electron chi connectivity index (χ1n) is 9.13. The molecule has 4 rings (SSSR count). The fourth-order valence-electron chi connectivity index (χ4n) is 3.07. The fourth-order valence-corrected chi connectivity index (χ4v) is 4.08. The third-order valence-electron chi connectivity index (χ3n) is 4.59. The Labute approximate surface area is 168 Å². The van der Waals surface area contributed by atoms with Crippen LogP contribution in [-0.2, 0) is 14.8 Å². The normalized spacial score (nSPS) is 14.6. The Bertz CT molecular complexity index is 1110. The van der Waals surface area contributed by atoms with E-state index in [0.29, 0.717) is 31.9 Å². The van der Waals surface area contributed by atoms with Crippen LogP contribution in [0.3, 0.4) is 0 Å². The van der Waals surface area contributed by atoms with Crippen molar-refractivity contribution in [3.05, 3.63) is 72.6 Å². The molecule has 2 aromatic carbocycles. The van der Waals surface area contributed by atoms with Gasteiger partial charge in [-0.3, -0.25) is 9.52 Å². The highest BCUT2D eigenvalue weighted by molar-refractivity contribution is 7.92. The summed E-state index contributed by atoms with van der Waals surface area (Å²) in [4.78, 5) is 14.5. The third kappa shape index (κ3) is 4.15. The molecule has 1 fully saturated rings. The van der Waals surface area contributed by atoms with Gasteiger partial charge in [-0.2, -0.15) is 5.10 Å². The first kappa shape index (κ1) is 19.2. The maximum absolute atomic E-state index is 12.9. The number of aromatic nitrogens is 2. The highest BCUT2D eigenvalue weighted by atomic mass is 32.2. The lowest BCUT2D eigenvalue weighted by Crippen LogP contribution is -2.41. The van der Waals surface area contributed by atoms with Crippen LogP contribution in [0.2, 0.25) is 0 Å². The lowest BCUT2D eigenvalue weighted by Gasteiger charge is -2.27. The molecule has 0 saturated carbocycles. The molecule has 2 heterocycles. The Morgan fingerprint density at radius 2 is 1.69 bits per heavy atom. The molecule has 1 aliphatic heterocycles. The number of ether oxygens (including phenoxy) is 1. The number of nitrogens with zero attached hydrogens (tertiary/aromatic N) is 3. The zero-order valence-electron chi connectivity index (χ0n) is 15.6. The summed E-state index contributed by atoms with van der Waals surface area (Å²) in [5, 5.41) is 4.13. The van der Waals surface area contributed by atoms with Gasteiger partial charge in [0.15, 0.2) is 0 Å². The maximum Gasteiger partial charge on any atom is 0.265 e. The van der Waals surface area contributed by atoms with E-state index in [9.17, 15) is 13.2 Å². The molecule has 0 spiro atoms. The predicted molar refractivity (Wildman–Crippen MR) is 108 cm³/mol. The number of hydrogen-bond acceptors (Lipinski definition) is 5. The number of sulfonamides is 1. The summed E-state index contributed by atoms with van der Waals surface area (Å²) in [7, 11) is -3.92. The topological polar surface area (TPSA) is 93.5 Å². The third-order valence-corrected chi connectivity index (χ3v) is 5.91. The van der Waals surface area contributed by atoms with Gasteiger partial charge in [0.25, 0.3) is 15.9 Å². The molecule has 0 atom stereocenters. The van der Waals surface area contributed by atoms with Crippen molar-refractivity contribution in [1.29, 1.82) is 0 Å². The second-order valence-electron chi connectivity index (χ2n) is 6.51. The molecule has 0 bridgehead atoms. The Morgan fingerprint density at radius 3 is 2.45 bits per heavy atom. The van der Waals surface area contributed by atoms with Crippen molar-refractivity contribution in [3.8, 4) is 5.69 Å². The van der Waals surface area contributed by atoms with E-state index in [1.165, 1.54) is 17.1 Å². The highest BCUT2D eigenvalue weighted by Crippen LogP contribution is 2.22. The molecule has 0 radical (unpaired) electrons. The van der Waals surface area contributed by atoms with Crippen molar-refractivity contribution >= 4 is 21.6 Å². The second-order valence-corrected chi connectivity index (χ2v) is 8.19. The molecular weight excluding hydrogens is 392 g/mol. The molecule has 0 unspecified atom stereocenters. The highest BCUT2D eigenvalue weighted by Gasteiger charge is 2.24. The molecule has 1 amide bonds. The van der Waals surface area contributed by atoms with Crippen molar-refractivity contribution in [3.63, 3.8) is 0 Å². The Morgan fingerprint density at radius 1 is 1.00 bits per heavy atom. The first-order chi connectivity index (χ1) is 14.0. The average molecular weight is 412 g/mol. The molecular formula is C20H20N4O4S. The summed E-state index contributed by atoms with van der Waals surface area (Å²) in [6, 6.07) is 15.8. The van der Waals surface area contributed by atoms with Crippen LogP contribution in [0.15, 0.2) is 71.9 Å². The summed E-state index contributed by atoms with van der Waals surface area (Å²) in [5.74, 6) is -0.230. The van der Waals surface area contributed by atoms with Gasteiger partial charge in [-0.05, 0) is 24.3 Å². The molecule has 8 nitrogen and oxygen atoms in total. The van der Waals surface area contributed by atoms with E-state index in [1.807, 2.05) is 30.3 Å². The van der Waals surface area contributed by atoms with Crippen molar-refractivity contribution < 1.29 is 17.9 Å². The van der Waals surface area contributed by atoms with Gasteiger partial charge in [0.05, 0.1) is 42.5 Å². The van der Waals surface area contributed by atoms with Crippen LogP contribution in [0.1, 0.15) is 10.4 Å². The van der Waals surface area contributed by atoms with E-state index < -0.39 is 10.0 Å². The predicted octanol–water partition coefficient (Wildman–Crippen LogP) is 2.15. The minimum absolute atomic E-state index is 0.00924. The quantitative estimate of drug-likeness (QED) is 0.693. The molecule has 1 aromatic heterocycles. The molecule has 1 aliphatic rings. The zero-order valence-corrected chi connectivity index (χ0v) is 16.4. The lowest BCUT2D eigenvalue weighted by atomic mass is 10.1. The Kier molecular flexibility index (Phi) is 5.32. The molecule has 150 valence electrons. The van der Waals surface area contributed by atoms with E-state index in [0.717, 1.165) is 5.69 Å². The standard InChI is InChI=1S/C20H20N4O4S/c25-20(23-10-12-28-13-11-23)18-8-4-5-9-19(18)22-29(26,27)17-14-21-24(15-17)16-6-2-1-3-7-16/h1-9,14-15,22H,10-13H2.